The van der Waals surface area contributed by atoms with E-state index in [1.165, 1.54) is 19.3 Å². The Hall–Kier alpha value is -1.38. The second kappa shape index (κ2) is 4.01. The van der Waals surface area contributed by atoms with Crippen LogP contribution >= 0.6 is 0 Å². The third kappa shape index (κ3) is 2.17. The minimum absolute atomic E-state index is 0.0734. The molecule has 3 nitrogen and oxygen atoms in total. The van der Waals surface area contributed by atoms with Crippen LogP contribution in [0.15, 0.2) is 12.1 Å². The number of Topliss-reactive ketones (excluding diaryl/α,β-unsaturated/α-hetero) is 1. The topological polar surface area (TPSA) is 42.0 Å². The summed E-state index contributed by atoms with van der Waals surface area (Å²) in [6.07, 6.45) is 3.65. The van der Waals surface area contributed by atoms with Gasteiger partial charge in [-0.05, 0) is 45.2 Å². The number of ketones is 1. The lowest BCUT2D eigenvalue weighted by Gasteiger charge is -2.27. The lowest BCUT2D eigenvalue weighted by atomic mass is 9.93. The van der Waals surface area contributed by atoms with Gasteiger partial charge in [0, 0.05) is 11.7 Å². The van der Waals surface area contributed by atoms with E-state index in [1.807, 2.05) is 19.1 Å². The Labute approximate surface area is 89.9 Å². The molecule has 1 aromatic heterocycles. The van der Waals surface area contributed by atoms with Crippen LogP contribution in [0.4, 0.5) is 5.82 Å². The summed E-state index contributed by atoms with van der Waals surface area (Å²) in [4.78, 5) is 15.8. The quantitative estimate of drug-likeness (QED) is 0.769. The lowest BCUT2D eigenvalue weighted by Crippen LogP contribution is -2.28. The predicted octanol–water partition coefficient (Wildman–Crippen LogP) is 2.56. The average molecular weight is 204 g/mol. The zero-order valence-electron chi connectivity index (χ0n) is 9.21. The first-order valence-electron chi connectivity index (χ1n) is 5.42. The molecule has 1 aliphatic rings. The fourth-order valence-corrected chi connectivity index (χ4v) is 1.70. The number of aryl methyl sites for hydroxylation is 1. The maximum absolute atomic E-state index is 11.4. The summed E-state index contributed by atoms with van der Waals surface area (Å²) >= 11 is 0. The summed E-state index contributed by atoms with van der Waals surface area (Å²) in [7, 11) is 0. The van der Waals surface area contributed by atoms with Crippen LogP contribution in [0.5, 0.6) is 0 Å². The summed E-state index contributed by atoms with van der Waals surface area (Å²) in [5.74, 6) is 0.830. The van der Waals surface area contributed by atoms with Gasteiger partial charge in [-0.25, -0.2) is 4.98 Å². The first kappa shape index (κ1) is 10.1. The monoisotopic (exact) mass is 204 g/mol. The summed E-state index contributed by atoms with van der Waals surface area (Å²) in [5, 5.41) is 3.34. The molecule has 0 bridgehead atoms. The van der Waals surface area contributed by atoms with Crippen molar-refractivity contribution in [2.24, 2.45) is 0 Å². The molecule has 1 aromatic rings. The molecule has 0 saturated heterocycles. The van der Waals surface area contributed by atoms with E-state index in [0.29, 0.717) is 11.6 Å². The van der Waals surface area contributed by atoms with Gasteiger partial charge in [0.25, 0.3) is 0 Å². The van der Waals surface area contributed by atoms with E-state index in [-0.39, 0.29) is 5.78 Å². The molecule has 0 radical (unpaired) electrons. The Morgan fingerprint density at radius 2 is 2.20 bits per heavy atom. The van der Waals surface area contributed by atoms with Gasteiger partial charge in [-0.2, -0.15) is 0 Å². The normalized spacial score (nSPS) is 15.9. The Morgan fingerprint density at radius 3 is 2.73 bits per heavy atom. The van der Waals surface area contributed by atoms with Crippen molar-refractivity contribution in [3.05, 3.63) is 23.4 Å². The molecule has 15 heavy (non-hydrogen) atoms. The van der Waals surface area contributed by atoms with Gasteiger partial charge in [0.15, 0.2) is 5.78 Å². The van der Waals surface area contributed by atoms with Crippen LogP contribution in [0.1, 0.15) is 42.2 Å². The molecule has 3 heteroatoms. The van der Waals surface area contributed by atoms with Crippen molar-refractivity contribution in [2.45, 2.75) is 39.2 Å². The smallest absolute Gasteiger partial charge is 0.163 e. The van der Waals surface area contributed by atoms with Gasteiger partial charge in [0.05, 0.1) is 5.56 Å². The molecule has 0 spiro atoms. The molecule has 0 amide bonds. The van der Waals surface area contributed by atoms with Gasteiger partial charge in [-0.3, -0.25) is 4.79 Å². The Morgan fingerprint density at radius 1 is 1.47 bits per heavy atom. The predicted molar refractivity (Wildman–Crippen MR) is 60.2 cm³/mol. The molecular formula is C12H16N2O. The highest BCUT2D eigenvalue weighted by Gasteiger charge is 2.19. The second-order valence-corrected chi connectivity index (χ2v) is 4.18. The van der Waals surface area contributed by atoms with Crippen LogP contribution in [0.25, 0.3) is 0 Å². The van der Waals surface area contributed by atoms with Gasteiger partial charge in [-0.15, -0.1) is 0 Å². The van der Waals surface area contributed by atoms with Gasteiger partial charge < -0.3 is 5.32 Å². The lowest BCUT2D eigenvalue weighted by molar-refractivity contribution is 0.101. The van der Waals surface area contributed by atoms with E-state index in [1.54, 1.807) is 6.92 Å². The summed E-state index contributed by atoms with van der Waals surface area (Å²) < 4.78 is 0. The van der Waals surface area contributed by atoms with Gasteiger partial charge >= 0.3 is 0 Å². The number of nitrogens with zero attached hydrogens (tertiary/aromatic N) is 1. The van der Waals surface area contributed by atoms with Crippen molar-refractivity contribution in [3.63, 3.8) is 0 Å². The molecule has 1 heterocycles. The Bertz CT molecular complexity index is 383. The summed E-state index contributed by atoms with van der Waals surface area (Å²) in [6, 6.07) is 4.24. The van der Waals surface area contributed by atoms with E-state index in [9.17, 15) is 4.79 Å². The van der Waals surface area contributed by atoms with E-state index in [2.05, 4.69) is 10.3 Å². The summed E-state index contributed by atoms with van der Waals surface area (Å²) in [6.45, 7) is 3.52. The number of anilines is 1. The first-order chi connectivity index (χ1) is 7.16. The Kier molecular flexibility index (Phi) is 2.71. The van der Waals surface area contributed by atoms with Crippen molar-refractivity contribution < 1.29 is 4.79 Å². The average Bonchev–Trinajstić information content (AvgIpc) is 2.11. The fraction of sp³-hybridized carbons (Fsp3) is 0.500. The number of nitrogens with one attached hydrogen (secondary N) is 1. The minimum Gasteiger partial charge on any atom is -0.367 e. The molecule has 1 aliphatic carbocycles. The largest absolute Gasteiger partial charge is 0.367 e. The van der Waals surface area contributed by atoms with Crippen LogP contribution in [-0.4, -0.2) is 16.8 Å². The number of carbonyl (C=O) groups is 1. The molecule has 1 fully saturated rings. The minimum atomic E-state index is 0.0734. The van der Waals surface area contributed by atoms with Crippen molar-refractivity contribution >= 4 is 11.6 Å². The highest BCUT2D eigenvalue weighted by molar-refractivity contribution is 5.98. The zero-order chi connectivity index (χ0) is 10.8. The Balaban J connectivity index is 2.24. The maximum atomic E-state index is 11.4. The van der Waals surface area contributed by atoms with Gasteiger partial charge in [0.2, 0.25) is 0 Å². The van der Waals surface area contributed by atoms with Crippen LogP contribution in [-0.2, 0) is 0 Å². The molecular weight excluding hydrogens is 188 g/mol. The number of aromatic nitrogens is 1. The summed E-state index contributed by atoms with van der Waals surface area (Å²) in [5.41, 5.74) is 1.65. The fourth-order valence-electron chi connectivity index (χ4n) is 1.70. The SMILES string of the molecule is CC(=O)c1ccc(C)nc1NC1CCC1. The highest BCUT2D eigenvalue weighted by Crippen LogP contribution is 2.24. The standard InChI is InChI=1S/C12H16N2O/c1-8-6-7-11(9(2)15)12(13-8)14-10-4-3-5-10/h6-7,10H,3-5H2,1-2H3,(H,13,14). The van der Waals surface area contributed by atoms with Crippen molar-refractivity contribution in [3.8, 4) is 0 Å². The van der Waals surface area contributed by atoms with Crippen molar-refractivity contribution in [1.29, 1.82) is 0 Å². The molecule has 1 saturated carbocycles. The van der Waals surface area contributed by atoms with E-state index in [0.717, 1.165) is 11.5 Å². The molecule has 0 atom stereocenters. The van der Waals surface area contributed by atoms with Crippen LogP contribution in [0.2, 0.25) is 0 Å². The number of rotatable bonds is 3. The van der Waals surface area contributed by atoms with Crippen molar-refractivity contribution in [1.82, 2.24) is 4.98 Å². The number of hydrogen-bond donors (Lipinski definition) is 1. The molecule has 0 unspecified atom stereocenters. The van der Waals surface area contributed by atoms with E-state index in [4.69, 9.17) is 0 Å². The van der Waals surface area contributed by atoms with Crippen LogP contribution in [0, 0.1) is 6.92 Å². The molecule has 1 N–H and O–H groups in total. The molecule has 0 aliphatic heterocycles. The van der Waals surface area contributed by atoms with E-state index < -0.39 is 0 Å². The van der Waals surface area contributed by atoms with Crippen molar-refractivity contribution in [2.75, 3.05) is 5.32 Å². The molecule has 80 valence electrons. The number of carbonyl (C=O) groups excluding carboxylic acids is 1. The third-order valence-corrected chi connectivity index (χ3v) is 2.86. The second-order valence-electron chi connectivity index (χ2n) is 4.18. The number of pyridine rings is 1. The number of hydrogen-bond acceptors (Lipinski definition) is 3. The van der Waals surface area contributed by atoms with E-state index >= 15 is 0 Å². The van der Waals surface area contributed by atoms with Gasteiger partial charge in [-0.1, -0.05) is 0 Å². The zero-order valence-corrected chi connectivity index (χ0v) is 9.21. The third-order valence-electron chi connectivity index (χ3n) is 2.86. The van der Waals surface area contributed by atoms with Crippen LogP contribution < -0.4 is 5.32 Å². The first-order valence-corrected chi connectivity index (χ1v) is 5.42. The highest BCUT2D eigenvalue weighted by atomic mass is 16.1. The molecule has 0 aromatic carbocycles. The van der Waals surface area contributed by atoms with Crippen LogP contribution in [0.3, 0.4) is 0 Å². The van der Waals surface area contributed by atoms with Gasteiger partial charge in [0.1, 0.15) is 5.82 Å². The molecule has 2 rings (SSSR count). The maximum Gasteiger partial charge on any atom is 0.163 e.